The van der Waals surface area contributed by atoms with E-state index < -0.39 is 18.3 Å². The summed E-state index contributed by atoms with van der Waals surface area (Å²) in [6.07, 6.45) is -4.55. The van der Waals surface area contributed by atoms with E-state index in [4.69, 9.17) is 10.4 Å². The van der Waals surface area contributed by atoms with Crippen LogP contribution in [-0.2, 0) is 12.8 Å². The van der Waals surface area contributed by atoms with E-state index in [0.717, 1.165) is 6.07 Å². The number of nitriles is 1. The molecule has 2 nitrogen and oxygen atoms in total. The number of aliphatic hydroxyl groups is 1. The van der Waals surface area contributed by atoms with Gasteiger partial charge in [-0.2, -0.15) is 18.4 Å². The van der Waals surface area contributed by atoms with Crippen LogP contribution in [0.3, 0.4) is 0 Å². The molecule has 0 atom stereocenters. The Kier molecular flexibility index (Phi) is 3.57. The zero-order valence-electron chi connectivity index (χ0n) is 7.27. The van der Waals surface area contributed by atoms with Gasteiger partial charge in [0.05, 0.1) is 23.8 Å². The van der Waals surface area contributed by atoms with E-state index in [1.165, 1.54) is 6.07 Å². The van der Waals surface area contributed by atoms with Gasteiger partial charge in [-0.3, -0.25) is 0 Å². The van der Waals surface area contributed by atoms with Crippen molar-refractivity contribution in [2.75, 3.05) is 0 Å². The second-order valence-electron chi connectivity index (χ2n) is 2.75. The fraction of sp³-hybridized carbons (Fsp3) is 0.222. The Morgan fingerprint density at radius 1 is 1.40 bits per heavy atom. The van der Waals surface area contributed by atoms with E-state index in [9.17, 15) is 13.2 Å². The summed E-state index contributed by atoms with van der Waals surface area (Å²) in [6.45, 7) is -0.797. The number of alkyl halides is 3. The third-order valence-electron chi connectivity index (χ3n) is 1.80. The molecular formula is C9H5F3INO. The first kappa shape index (κ1) is 12.3. The normalized spacial score (nSPS) is 11.2. The Bertz CT molecular complexity index is 423. The molecule has 6 heteroatoms. The van der Waals surface area contributed by atoms with Crippen molar-refractivity contribution in [3.05, 3.63) is 32.4 Å². The van der Waals surface area contributed by atoms with Crippen LogP contribution in [0.25, 0.3) is 0 Å². The number of halogens is 4. The van der Waals surface area contributed by atoms with Crippen LogP contribution in [-0.4, -0.2) is 5.11 Å². The van der Waals surface area contributed by atoms with E-state index in [0.29, 0.717) is 3.57 Å². The van der Waals surface area contributed by atoms with Crippen LogP contribution in [0.2, 0.25) is 0 Å². The third-order valence-corrected chi connectivity index (χ3v) is 2.42. The van der Waals surface area contributed by atoms with Crippen LogP contribution in [0.4, 0.5) is 13.2 Å². The molecule has 0 aliphatic rings. The van der Waals surface area contributed by atoms with Gasteiger partial charge < -0.3 is 5.11 Å². The summed E-state index contributed by atoms with van der Waals surface area (Å²) < 4.78 is 37.8. The minimum Gasteiger partial charge on any atom is -0.392 e. The number of nitrogens with zero attached hydrogens (tertiary/aromatic N) is 1. The number of hydrogen-bond acceptors (Lipinski definition) is 2. The van der Waals surface area contributed by atoms with Crippen molar-refractivity contribution in [1.82, 2.24) is 0 Å². The van der Waals surface area contributed by atoms with Crippen LogP contribution in [0, 0.1) is 14.9 Å². The van der Waals surface area contributed by atoms with E-state index in [2.05, 4.69) is 0 Å². The smallest absolute Gasteiger partial charge is 0.392 e. The topological polar surface area (TPSA) is 44.0 Å². The van der Waals surface area contributed by atoms with Gasteiger partial charge in [0.25, 0.3) is 0 Å². The van der Waals surface area contributed by atoms with Crippen LogP contribution in [0.1, 0.15) is 16.7 Å². The molecule has 1 aromatic carbocycles. The largest absolute Gasteiger partial charge is 0.416 e. The van der Waals surface area contributed by atoms with E-state index >= 15 is 0 Å². The summed E-state index contributed by atoms with van der Waals surface area (Å²) in [4.78, 5) is 0. The van der Waals surface area contributed by atoms with Gasteiger partial charge in [-0.15, -0.1) is 0 Å². The van der Waals surface area contributed by atoms with Crippen molar-refractivity contribution in [3.8, 4) is 6.07 Å². The fourth-order valence-electron chi connectivity index (χ4n) is 1.16. The maximum Gasteiger partial charge on any atom is 0.416 e. The first-order valence-corrected chi connectivity index (χ1v) is 4.88. The SMILES string of the molecule is N#Cc1cc(I)cc(C(F)(F)F)c1CO. The van der Waals surface area contributed by atoms with Gasteiger partial charge in [0.15, 0.2) is 0 Å². The molecule has 0 fully saturated rings. The minimum absolute atomic E-state index is 0.142. The molecule has 0 bridgehead atoms. The molecule has 80 valence electrons. The predicted molar refractivity (Wildman–Crippen MR) is 54.8 cm³/mol. The number of aliphatic hydroxyl groups excluding tert-OH is 1. The Labute approximate surface area is 97.5 Å². The molecule has 0 amide bonds. The van der Waals surface area contributed by atoms with Crippen LogP contribution in [0.5, 0.6) is 0 Å². The van der Waals surface area contributed by atoms with E-state index in [1.54, 1.807) is 28.7 Å². The average molecular weight is 327 g/mol. The van der Waals surface area contributed by atoms with Crippen LogP contribution in [0.15, 0.2) is 12.1 Å². The van der Waals surface area contributed by atoms with Gasteiger partial charge in [-0.1, -0.05) is 0 Å². The second kappa shape index (κ2) is 4.37. The molecule has 0 saturated heterocycles. The Balaban J connectivity index is 3.51. The molecule has 0 heterocycles. The highest BCUT2D eigenvalue weighted by atomic mass is 127. The quantitative estimate of drug-likeness (QED) is 0.806. The summed E-state index contributed by atoms with van der Waals surface area (Å²) in [5, 5.41) is 17.5. The summed E-state index contributed by atoms with van der Waals surface area (Å²) in [7, 11) is 0. The number of benzene rings is 1. The number of rotatable bonds is 1. The summed E-state index contributed by atoms with van der Waals surface area (Å²) in [5.41, 5.74) is -1.46. The lowest BCUT2D eigenvalue weighted by Gasteiger charge is -2.13. The van der Waals surface area contributed by atoms with Gasteiger partial charge in [0.1, 0.15) is 0 Å². The molecule has 0 aromatic heterocycles. The fourth-order valence-corrected chi connectivity index (χ4v) is 1.78. The lowest BCUT2D eigenvalue weighted by molar-refractivity contribution is -0.138. The van der Waals surface area contributed by atoms with E-state index in [1.807, 2.05) is 0 Å². The number of hydrogen-bond donors (Lipinski definition) is 1. The van der Waals surface area contributed by atoms with Crippen molar-refractivity contribution in [1.29, 1.82) is 5.26 Å². The standard InChI is InChI=1S/C9H5F3INO/c10-9(11,12)8-2-6(13)1-5(3-14)7(8)4-15/h1-2,15H,4H2. The van der Waals surface area contributed by atoms with Gasteiger partial charge in [-0.25, -0.2) is 0 Å². The van der Waals surface area contributed by atoms with Gasteiger partial charge >= 0.3 is 6.18 Å². The monoisotopic (exact) mass is 327 g/mol. The van der Waals surface area contributed by atoms with Gasteiger partial charge in [0, 0.05) is 9.13 Å². The van der Waals surface area contributed by atoms with E-state index in [-0.39, 0.29) is 11.1 Å². The Morgan fingerprint density at radius 3 is 2.40 bits per heavy atom. The molecule has 0 radical (unpaired) electrons. The molecule has 0 spiro atoms. The Morgan fingerprint density at radius 2 is 2.00 bits per heavy atom. The molecule has 0 aliphatic heterocycles. The van der Waals surface area contributed by atoms with Crippen LogP contribution < -0.4 is 0 Å². The summed E-state index contributed by atoms with van der Waals surface area (Å²) in [5.74, 6) is 0. The highest BCUT2D eigenvalue weighted by molar-refractivity contribution is 14.1. The summed E-state index contributed by atoms with van der Waals surface area (Å²) >= 11 is 1.69. The van der Waals surface area contributed by atoms with Gasteiger partial charge in [-0.05, 0) is 34.7 Å². The zero-order valence-corrected chi connectivity index (χ0v) is 9.43. The Hall–Kier alpha value is -0.810. The van der Waals surface area contributed by atoms with Crippen LogP contribution >= 0.6 is 22.6 Å². The molecule has 1 aromatic rings. The van der Waals surface area contributed by atoms with Crippen molar-refractivity contribution in [2.45, 2.75) is 12.8 Å². The molecule has 1 N–H and O–H groups in total. The van der Waals surface area contributed by atoms with Crippen molar-refractivity contribution >= 4 is 22.6 Å². The molecule has 0 saturated carbocycles. The second-order valence-corrected chi connectivity index (χ2v) is 3.99. The maximum absolute atomic E-state index is 12.5. The lowest BCUT2D eigenvalue weighted by atomic mass is 10.0. The lowest BCUT2D eigenvalue weighted by Crippen LogP contribution is -2.11. The minimum atomic E-state index is -4.55. The van der Waals surface area contributed by atoms with Crippen molar-refractivity contribution in [2.24, 2.45) is 0 Å². The van der Waals surface area contributed by atoms with Gasteiger partial charge in [0.2, 0.25) is 0 Å². The molecule has 1 rings (SSSR count). The zero-order chi connectivity index (χ0) is 11.6. The first-order chi connectivity index (χ1) is 6.90. The highest BCUT2D eigenvalue weighted by Gasteiger charge is 2.34. The maximum atomic E-state index is 12.5. The van der Waals surface area contributed by atoms with Crippen molar-refractivity contribution < 1.29 is 18.3 Å². The molecule has 0 aliphatic carbocycles. The first-order valence-electron chi connectivity index (χ1n) is 3.80. The third kappa shape index (κ3) is 2.60. The average Bonchev–Trinajstić information content (AvgIpc) is 2.15. The predicted octanol–water partition coefficient (Wildman–Crippen LogP) is 2.67. The highest BCUT2D eigenvalue weighted by Crippen LogP contribution is 2.34. The molecule has 0 unspecified atom stereocenters. The van der Waals surface area contributed by atoms with Crippen molar-refractivity contribution in [3.63, 3.8) is 0 Å². The summed E-state index contributed by atoms with van der Waals surface area (Å²) in [6, 6.07) is 3.85. The molecule has 15 heavy (non-hydrogen) atoms. The molecular weight excluding hydrogens is 322 g/mol.